The van der Waals surface area contributed by atoms with E-state index in [9.17, 15) is 9.59 Å². The van der Waals surface area contributed by atoms with Crippen molar-refractivity contribution in [3.63, 3.8) is 0 Å². The van der Waals surface area contributed by atoms with Crippen LogP contribution >= 0.6 is 0 Å². The molecule has 1 aromatic rings. The Bertz CT molecular complexity index is 608. The number of likely N-dealkylation sites (N-methyl/N-ethyl adjacent to an activating group) is 1. The smallest absolute Gasteiger partial charge is 0.303 e. The first kappa shape index (κ1) is 19.2. The zero-order chi connectivity index (χ0) is 17.8. The van der Waals surface area contributed by atoms with Crippen molar-refractivity contribution in [3.05, 3.63) is 41.9 Å². The Morgan fingerprint density at radius 1 is 1.42 bits per heavy atom. The van der Waals surface area contributed by atoms with Gasteiger partial charge in [0.15, 0.2) is 0 Å². The van der Waals surface area contributed by atoms with Crippen LogP contribution in [0.1, 0.15) is 25.3 Å². The fraction of sp³-hybridized carbons (Fsp3) is 0.412. The van der Waals surface area contributed by atoms with Crippen LogP contribution in [-0.2, 0) is 16.0 Å². The quantitative estimate of drug-likeness (QED) is 0.381. The van der Waals surface area contributed by atoms with Gasteiger partial charge in [0, 0.05) is 44.6 Å². The summed E-state index contributed by atoms with van der Waals surface area (Å²) in [5, 5.41) is 20.3. The molecule has 0 fully saturated rings. The molecule has 0 aliphatic rings. The number of rotatable bonds is 10. The summed E-state index contributed by atoms with van der Waals surface area (Å²) in [5.74, 6) is -1.39. The Morgan fingerprint density at radius 3 is 2.71 bits per heavy atom. The van der Waals surface area contributed by atoms with E-state index in [4.69, 9.17) is 10.4 Å². The molecule has 7 heteroatoms. The summed E-state index contributed by atoms with van der Waals surface area (Å²) in [6, 6.07) is 5.75. The van der Waals surface area contributed by atoms with Crippen molar-refractivity contribution in [3.8, 4) is 6.07 Å². The van der Waals surface area contributed by atoms with Crippen molar-refractivity contribution in [2.24, 2.45) is 0 Å². The fourth-order valence-electron chi connectivity index (χ4n) is 1.99. The monoisotopic (exact) mass is 330 g/mol. The van der Waals surface area contributed by atoms with Crippen molar-refractivity contribution in [2.45, 2.75) is 26.2 Å². The lowest BCUT2D eigenvalue weighted by Gasteiger charge is -2.18. The summed E-state index contributed by atoms with van der Waals surface area (Å²) >= 11 is 0. The molecule has 0 spiro atoms. The number of hydrogen-bond acceptors (Lipinski definition) is 5. The van der Waals surface area contributed by atoms with Gasteiger partial charge in [-0.2, -0.15) is 5.26 Å². The molecule has 0 aliphatic carbocycles. The number of amides is 1. The van der Waals surface area contributed by atoms with Crippen LogP contribution in [0.4, 0.5) is 0 Å². The lowest BCUT2D eigenvalue weighted by molar-refractivity contribution is -0.137. The molecule has 128 valence electrons. The zero-order valence-corrected chi connectivity index (χ0v) is 13.7. The number of nitrogens with one attached hydrogen (secondary N) is 1. The average molecular weight is 330 g/mol. The average Bonchev–Trinajstić information content (AvgIpc) is 2.59. The van der Waals surface area contributed by atoms with Crippen LogP contribution in [0.15, 0.2) is 36.3 Å². The molecule has 0 unspecified atom stereocenters. The van der Waals surface area contributed by atoms with Crippen LogP contribution in [0.5, 0.6) is 0 Å². The molecule has 0 radical (unpaired) electrons. The summed E-state index contributed by atoms with van der Waals surface area (Å²) in [4.78, 5) is 28.2. The number of nitrogens with zero attached hydrogens (tertiary/aromatic N) is 3. The van der Waals surface area contributed by atoms with Gasteiger partial charge in [0.05, 0.1) is 0 Å². The normalized spacial score (nSPS) is 10.8. The van der Waals surface area contributed by atoms with E-state index in [0.717, 1.165) is 12.0 Å². The van der Waals surface area contributed by atoms with Gasteiger partial charge < -0.3 is 15.3 Å². The number of hydrogen-bond donors (Lipinski definition) is 2. The minimum atomic E-state index is -0.909. The van der Waals surface area contributed by atoms with Gasteiger partial charge in [0.2, 0.25) is 0 Å². The van der Waals surface area contributed by atoms with E-state index in [-0.39, 0.29) is 18.5 Å². The van der Waals surface area contributed by atoms with Crippen molar-refractivity contribution >= 4 is 11.9 Å². The van der Waals surface area contributed by atoms with E-state index in [2.05, 4.69) is 10.3 Å². The molecule has 0 atom stereocenters. The van der Waals surface area contributed by atoms with Gasteiger partial charge in [-0.3, -0.25) is 14.6 Å². The van der Waals surface area contributed by atoms with Crippen LogP contribution in [0.25, 0.3) is 0 Å². The molecule has 2 N–H and O–H groups in total. The summed E-state index contributed by atoms with van der Waals surface area (Å²) in [6.07, 6.45) is 6.11. The van der Waals surface area contributed by atoms with Gasteiger partial charge >= 0.3 is 5.97 Å². The Labute approximate surface area is 141 Å². The number of aromatic nitrogens is 1. The highest BCUT2D eigenvalue weighted by molar-refractivity contribution is 5.97. The number of pyridine rings is 1. The fourth-order valence-corrected chi connectivity index (χ4v) is 1.99. The highest BCUT2D eigenvalue weighted by atomic mass is 16.4. The van der Waals surface area contributed by atoms with Gasteiger partial charge in [-0.15, -0.1) is 0 Å². The molecule has 1 rings (SSSR count). The van der Waals surface area contributed by atoms with Crippen molar-refractivity contribution in [1.82, 2.24) is 15.2 Å². The Morgan fingerprint density at radius 2 is 2.12 bits per heavy atom. The number of carbonyl (C=O) groups excluding carboxylic acids is 1. The molecule has 0 aromatic carbocycles. The predicted octanol–water partition coefficient (Wildman–Crippen LogP) is 1.33. The molecule has 0 saturated carbocycles. The van der Waals surface area contributed by atoms with Crippen LogP contribution in [-0.4, -0.2) is 46.5 Å². The summed E-state index contributed by atoms with van der Waals surface area (Å²) in [6.45, 7) is 3.52. The Kier molecular flexibility index (Phi) is 8.61. The first-order valence-corrected chi connectivity index (χ1v) is 7.81. The van der Waals surface area contributed by atoms with Crippen LogP contribution in [0, 0.1) is 11.3 Å². The summed E-state index contributed by atoms with van der Waals surface area (Å²) < 4.78 is 0. The molecule has 1 heterocycles. The molecule has 1 aromatic heterocycles. The number of carboxylic acids is 1. The second-order valence-electron chi connectivity index (χ2n) is 5.14. The zero-order valence-electron chi connectivity index (χ0n) is 13.7. The first-order chi connectivity index (χ1) is 11.6. The molecule has 0 aliphatic heterocycles. The molecular formula is C17H22N4O3. The number of aliphatic carboxylic acids is 1. The van der Waals surface area contributed by atoms with Gasteiger partial charge in [0.1, 0.15) is 11.6 Å². The third-order valence-electron chi connectivity index (χ3n) is 3.37. The second-order valence-corrected chi connectivity index (χ2v) is 5.14. The van der Waals surface area contributed by atoms with Crippen molar-refractivity contribution in [2.75, 3.05) is 19.6 Å². The molecule has 7 nitrogen and oxygen atoms in total. The largest absolute Gasteiger partial charge is 0.481 e. The van der Waals surface area contributed by atoms with Gasteiger partial charge in [-0.1, -0.05) is 0 Å². The van der Waals surface area contributed by atoms with E-state index in [1.807, 2.05) is 30.0 Å². The van der Waals surface area contributed by atoms with Crippen molar-refractivity contribution in [1.29, 1.82) is 5.26 Å². The maximum absolute atomic E-state index is 12.0. The molecule has 0 saturated heterocycles. The molecular weight excluding hydrogens is 308 g/mol. The molecule has 0 bridgehead atoms. The maximum Gasteiger partial charge on any atom is 0.303 e. The van der Waals surface area contributed by atoms with E-state index in [1.165, 1.54) is 0 Å². The highest BCUT2D eigenvalue weighted by Gasteiger charge is 2.10. The third kappa shape index (κ3) is 7.40. The summed E-state index contributed by atoms with van der Waals surface area (Å²) in [5.41, 5.74) is 1.15. The van der Waals surface area contributed by atoms with E-state index >= 15 is 0 Å². The lowest BCUT2D eigenvalue weighted by atomic mass is 10.2. The van der Waals surface area contributed by atoms with Gasteiger partial charge in [-0.25, -0.2) is 0 Å². The van der Waals surface area contributed by atoms with Gasteiger partial charge in [0.25, 0.3) is 5.91 Å². The minimum Gasteiger partial charge on any atom is -0.481 e. The van der Waals surface area contributed by atoms with Gasteiger partial charge in [-0.05, 0) is 37.5 Å². The van der Waals surface area contributed by atoms with E-state index < -0.39 is 11.9 Å². The van der Waals surface area contributed by atoms with Crippen molar-refractivity contribution < 1.29 is 14.7 Å². The Balaban J connectivity index is 2.54. The topological polar surface area (TPSA) is 106 Å². The molecule has 24 heavy (non-hydrogen) atoms. The maximum atomic E-state index is 12.0. The first-order valence-electron chi connectivity index (χ1n) is 7.81. The number of carboxylic acid groups (broad SMARTS) is 1. The third-order valence-corrected chi connectivity index (χ3v) is 3.37. The van der Waals surface area contributed by atoms with Crippen LogP contribution in [0.3, 0.4) is 0 Å². The van der Waals surface area contributed by atoms with Crippen LogP contribution < -0.4 is 5.32 Å². The van der Waals surface area contributed by atoms with E-state index in [1.54, 1.807) is 18.6 Å². The van der Waals surface area contributed by atoms with Crippen LogP contribution in [0.2, 0.25) is 0 Å². The lowest BCUT2D eigenvalue weighted by Crippen LogP contribution is -2.28. The molecule has 1 amide bonds. The standard InChI is InChI=1S/C17H22N4O3/c1-2-21(11-7-14-5-9-19-10-6-14)13-15(12-18)17(24)20-8-3-4-16(22)23/h5-6,9-10,13H,2-4,7-8,11H2,1H3,(H,20,24)(H,22,23)/b15-13-. The Hall–Kier alpha value is -2.88. The van der Waals surface area contributed by atoms with E-state index in [0.29, 0.717) is 19.5 Å². The SMILES string of the molecule is CCN(/C=C(/C#N)C(=O)NCCCC(=O)O)CCc1ccncc1. The summed E-state index contributed by atoms with van der Waals surface area (Å²) in [7, 11) is 0. The highest BCUT2D eigenvalue weighted by Crippen LogP contribution is 2.03. The second kappa shape index (κ2) is 10.8. The number of carbonyl (C=O) groups is 2. The number of nitriles is 1. The predicted molar refractivity (Wildman–Crippen MR) is 88.8 cm³/mol. The minimum absolute atomic E-state index is 0.0150.